The molecule has 1 aliphatic heterocycles. The summed E-state index contributed by atoms with van der Waals surface area (Å²) in [7, 11) is 5.33. The molecule has 11 nitrogen and oxygen atoms in total. The minimum atomic E-state index is -0.127. The van der Waals surface area contributed by atoms with Crippen molar-refractivity contribution < 1.29 is 4.79 Å². The van der Waals surface area contributed by atoms with Gasteiger partial charge in [-0.25, -0.2) is 14.8 Å². The number of aryl methyl sites for hydroxylation is 1. The Hall–Kier alpha value is -5.11. The predicted octanol–water partition coefficient (Wildman–Crippen LogP) is 4.83. The molecule has 0 radical (unpaired) electrons. The number of pyridine rings is 1. The molecule has 1 amide bonds. The summed E-state index contributed by atoms with van der Waals surface area (Å²) in [6, 6.07) is 12.0. The normalized spacial score (nSPS) is 15.8. The molecule has 1 saturated carbocycles. The SMILES string of the molecule is CN(C)C(=O)c1cc2cnc(Nc3ccc(N4CCC(C#Cc5cccc6[nH]c(=O)n(C)c56)CC4)cn3)nc2n1C1CCCC1. The van der Waals surface area contributed by atoms with Gasteiger partial charge >= 0.3 is 5.69 Å². The molecule has 5 aromatic rings. The summed E-state index contributed by atoms with van der Waals surface area (Å²) in [6.07, 6.45) is 9.99. The highest BCUT2D eigenvalue weighted by molar-refractivity contribution is 5.98. The van der Waals surface area contributed by atoms with E-state index in [0.29, 0.717) is 23.4 Å². The van der Waals surface area contributed by atoms with Crippen LogP contribution in [0.2, 0.25) is 0 Å². The lowest BCUT2D eigenvalue weighted by Crippen LogP contribution is -2.33. The molecule has 0 spiro atoms. The van der Waals surface area contributed by atoms with Crippen LogP contribution < -0.4 is 15.9 Å². The number of imidazole rings is 1. The van der Waals surface area contributed by atoms with E-state index in [2.05, 4.69) is 47.6 Å². The zero-order chi connectivity index (χ0) is 31.1. The van der Waals surface area contributed by atoms with Crippen LogP contribution in [-0.2, 0) is 7.05 Å². The third kappa shape index (κ3) is 5.52. The average Bonchev–Trinajstić information content (AvgIpc) is 3.78. The highest BCUT2D eigenvalue weighted by Crippen LogP contribution is 2.35. The summed E-state index contributed by atoms with van der Waals surface area (Å²) < 4.78 is 3.74. The predicted molar refractivity (Wildman–Crippen MR) is 176 cm³/mol. The Labute approximate surface area is 261 Å². The van der Waals surface area contributed by atoms with Gasteiger partial charge in [-0.2, -0.15) is 4.98 Å². The fourth-order valence-electron chi connectivity index (χ4n) is 6.62. The summed E-state index contributed by atoms with van der Waals surface area (Å²) in [5, 5.41) is 4.12. The number of fused-ring (bicyclic) bond motifs is 2. The number of carbonyl (C=O) groups is 1. The lowest BCUT2D eigenvalue weighted by Gasteiger charge is -2.31. The number of aromatic nitrogens is 6. The molecular weight excluding hydrogens is 566 g/mol. The van der Waals surface area contributed by atoms with E-state index in [9.17, 15) is 9.59 Å². The van der Waals surface area contributed by atoms with Crippen LogP contribution in [0, 0.1) is 17.8 Å². The first-order chi connectivity index (χ1) is 21.9. The molecule has 1 saturated heterocycles. The van der Waals surface area contributed by atoms with Gasteiger partial charge in [-0.15, -0.1) is 0 Å². The number of aromatic amines is 1. The van der Waals surface area contributed by atoms with Crippen LogP contribution in [0.3, 0.4) is 0 Å². The van der Waals surface area contributed by atoms with Crippen molar-refractivity contribution in [2.45, 2.75) is 44.6 Å². The van der Waals surface area contributed by atoms with Crippen LogP contribution in [0.5, 0.6) is 0 Å². The lowest BCUT2D eigenvalue weighted by atomic mass is 9.96. The summed E-state index contributed by atoms with van der Waals surface area (Å²) in [6.45, 7) is 1.79. The fourth-order valence-corrected chi connectivity index (χ4v) is 6.62. The van der Waals surface area contributed by atoms with Gasteiger partial charge in [-0.05, 0) is 56.0 Å². The van der Waals surface area contributed by atoms with Crippen LogP contribution in [0.25, 0.3) is 22.1 Å². The third-order valence-corrected chi connectivity index (χ3v) is 9.07. The molecule has 2 N–H and O–H groups in total. The van der Waals surface area contributed by atoms with Crippen LogP contribution in [0.1, 0.15) is 60.6 Å². The quantitative estimate of drug-likeness (QED) is 0.276. The first-order valence-corrected chi connectivity index (χ1v) is 15.6. The number of anilines is 3. The summed E-state index contributed by atoms with van der Waals surface area (Å²) in [5.41, 5.74) is 4.92. The largest absolute Gasteiger partial charge is 0.370 e. The number of benzene rings is 1. The van der Waals surface area contributed by atoms with Gasteiger partial charge in [0, 0.05) is 57.8 Å². The summed E-state index contributed by atoms with van der Waals surface area (Å²) >= 11 is 0. The minimum absolute atomic E-state index is 0.0230. The summed E-state index contributed by atoms with van der Waals surface area (Å²) in [4.78, 5) is 45.9. The Morgan fingerprint density at radius 2 is 1.84 bits per heavy atom. The number of nitrogens with one attached hydrogen (secondary N) is 2. The van der Waals surface area contributed by atoms with Crippen molar-refractivity contribution in [1.82, 2.24) is 34.0 Å². The van der Waals surface area contributed by atoms with E-state index in [1.807, 2.05) is 36.5 Å². The van der Waals surface area contributed by atoms with Crippen molar-refractivity contribution >= 4 is 45.4 Å². The van der Waals surface area contributed by atoms with E-state index >= 15 is 0 Å². The maximum Gasteiger partial charge on any atom is 0.326 e. The number of hydrogen-bond acceptors (Lipinski definition) is 7. The van der Waals surface area contributed by atoms with Gasteiger partial charge in [0.25, 0.3) is 5.91 Å². The molecule has 5 heterocycles. The number of H-pyrrole nitrogens is 1. The molecule has 45 heavy (non-hydrogen) atoms. The highest BCUT2D eigenvalue weighted by atomic mass is 16.2. The van der Waals surface area contributed by atoms with Crippen molar-refractivity contribution in [2.75, 3.05) is 37.4 Å². The second-order valence-electron chi connectivity index (χ2n) is 12.3. The molecule has 7 rings (SSSR count). The summed E-state index contributed by atoms with van der Waals surface area (Å²) in [5.74, 6) is 8.19. The maximum atomic E-state index is 13.0. The third-order valence-electron chi connectivity index (χ3n) is 9.07. The number of amides is 1. The minimum Gasteiger partial charge on any atom is -0.370 e. The van der Waals surface area contributed by atoms with Crippen LogP contribution >= 0.6 is 0 Å². The average molecular weight is 604 g/mol. The van der Waals surface area contributed by atoms with E-state index < -0.39 is 0 Å². The van der Waals surface area contributed by atoms with Crippen molar-refractivity contribution in [1.29, 1.82) is 0 Å². The van der Waals surface area contributed by atoms with E-state index in [4.69, 9.17) is 4.98 Å². The number of para-hydroxylation sites is 1. The molecule has 4 aromatic heterocycles. The molecule has 2 fully saturated rings. The van der Waals surface area contributed by atoms with Gasteiger partial charge in [0.2, 0.25) is 5.95 Å². The van der Waals surface area contributed by atoms with Gasteiger partial charge in [0.1, 0.15) is 17.2 Å². The fraction of sp³-hybridized carbons (Fsp3) is 0.382. The van der Waals surface area contributed by atoms with Gasteiger partial charge in [-0.3, -0.25) is 9.36 Å². The first kappa shape index (κ1) is 28.6. The van der Waals surface area contributed by atoms with Crippen LogP contribution in [0.15, 0.2) is 53.6 Å². The Balaban J connectivity index is 1.02. The Bertz CT molecular complexity index is 1990. The van der Waals surface area contributed by atoms with Crippen molar-refractivity contribution in [3.05, 3.63) is 70.5 Å². The highest BCUT2D eigenvalue weighted by Gasteiger charge is 2.26. The molecule has 2 aliphatic rings. The topological polar surface area (TPSA) is 117 Å². The smallest absolute Gasteiger partial charge is 0.326 e. The first-order valence-electron chi connectivity index (χ1n) is 15.6. The van der Waals surface area contributed by atoms with Crippen molar-refractivity contribution in [3.63, 3.8) is 0 Å². The monoisotopic (exact) mass is 603 g/mol. The zero-order valence-electron chi connectivity index (χ0n) is 25.9. The maximum absolute atomic E-state index is 13.0. The molecule has 0 bridgehead atoms. The van der Waals surface area contributed by atoms with Gasteiger partial charge in [0.15, 0.2) is 0 Å². The number of carbonyl (C=O) groups excluding carboxylic acids is 1. The molecule has 230 valence electrons. The van der Waals surface area contributed by atoms with Gasteiger partial charge < -0.3 is 24.7 Å². The number of nitrogens with zero attached hydrogens (tertiary/aromatic N) is 7. The van der Waals surface area contributed by atoms with E-state index in [-0.39, 0.29) is 17.6 Å². The Morgan fingerprint density at radius 1 is 1.04 bits per heavy atom. The van der Waals surface area contributed by atoms with Crippen LogP contribution in [-0.4, -0.2) is 67.1 Å². The number of hydrogen-bond donors (Lipinski definition) is 2. The van der Waals surface area contributed by atoms with Gasteiger partial charge in [-0.1, -0.05) is 30.7 Å². The molecule has 1 aromatic carbocycles. The molecule has 0 atom stereocenters. The molecule has 1 aliphatic carbocycles. The Morgan fingerprint density at radius 3 is 2.58 bits per heavy atom. The number of piperidine rings is 1. The zero-order valence-corrected chi connectivity index (χ0v) is 25.9. The van der Waals surface area contributed by atoms with E-state index in [1.54, 1.807) is 36.8 Å². The number of rotatable bonds is 5. The standard InChI is InChI=1S/C34H37N9O2/c1-40(2)32(44)28-19-24-20-36-33(39-31(24)43(28)25-8-4-5-9-25)38-29-14-13-26(21-35-29)42-17-15-22(16-18-42)11-12-23-7-6-10-27-30(23)41(3)34(45)37-27/h6-7,10,13-14,19-22,25H,4-5,8-9,15-18H2,1-3H3,(H,37,45)(H,35,36,38,39). The van der Waals surface area contributed by atoms with Gasteiger partial charge in [0.05, 0.1) is 28.5 Å². The van der Waals surface area contributed by atoms with E-state index in [0.717, 1.165) is 84.9 Å². The second-order valence-corrected chi connectivity index (χ2v) is 12.3. The van der Waals surface area contributed by atoms with E-state index in [1.165, 1.54) is 0 Å². The van der Waals surface area contributed by atoms with Crippen molar-refractivity contribution in [2.24, 2.45) is 13.0 Å². The molecule has 11 heteroatoms. The Kier molecular flexibility index (Phi) is 7.49. The van der Waals surface area contributed by atoms with Crippen molar-refractivity contribution in [3.8, 4) is 11.8 Å². The molecular formula is C34H37N9O2. The molecule has 0 unspecified atom stereocenters. The van der Waals surface area contributed by atoms with Crippen LogP contribution in [0.4, 0.5) is 17.5 Å². The second kappa shape index (κ2) is 11.8. The lowest BCUT2D eigenvalue weighted by molar-refractivity contribution is 0.0815.